The Morgan fingerprint density at radius 3 is 2.62 bits per heavy atom. The summed E-state index contributed by atoms with van der Waals surface area (Å²) in [6.45, 7) is 4.01. The molecule has 0 aromatic heterocycles. The molecule has 2 heterocycles. The van der Waals surface area contributed by atoms with Gasteiger partial charge in [-0.15, -0.1) is 0 Å². The van der Waals surface area contributed by atoms with E-state index in [9.17, 15) is 38.3 Å². The van der Waals surface area contributed by atoms with Crippen molar-refractivity contribution in [2.75, 3.05) is 13.2 Å². The van der Waals surface area contributed by atoms with Crippen LogP contribution in [0.1, 0.15) is 25.7 Å². The summed E-state index contributed by atoms with van der Waals surface area (Å²) in [4.78, 5) is 67.6. The fraction of sp³-hybridized carbons (Fsp3) is 0.529. The van der Waals surface area contributed by atoms with Crippen LogP contribution in [0.25, 0.3) is 0 Å². The second-order valence-electron chi connectivity index (χ2n) is 7.73. The van der Waals surface area contributed by atoms with Crippen molar-refractivity contribution in [2.24, 2.45) is 16.6 Å². The smallest absolute Gasteiger partial charge is 0.304 e. The molecule has 0 aromatic carbocycles. The minimum atomic E-state index is -6.15. The number of aliphatic hydroxyl groups is 1. The number of rotatable bonds is 14. The number of amides is 1. The summed E-state index contributed by atoms with van der Waals surface area (Å²) >= 11 is 0. The van der Waals surface area contributed by atoms with Gasteiger partial charge in [0.15, 0.2) is 0 Å². The molecule has 0 radical (unpaired) electrons. The van der Waals surface area contributed by atoms with E-state index in [0.717, 1.165) is 0 Å². The summed E-state index contributed by atoms with van der Waals surface area (Å²) < 4.78 is 49.1. The summed E-state index contributed by atoms with van der Waals surface area (Å²) in [6, 6.07) is 0. The molecule has 0 saturated carbocycles. The molecule has 226 valence electrons. The first-order valence-corrected chi connectivity index (χ1v) is 15.3. The number of nitrogens with two attached hydrogens (primary N) is 2. The van der Waals surface area contributed by atoms with Gasteiger partial charge in [0.05, 0.1) is 18.7 Å². The molecule has 1 saturated heterocycles. The molecule has 40 heavy (non-hydrogen) atoms. The first-order chi connectivity index (χ1) is 18.5. The van der Waals surface area contributed by atoms with Crippen molar-refractivity contribution in [1.82, 2.24) is 10.2 Å². The maximum atomic E-state index is 11.8. The SMILES string of the molecule is C=C1N=C(N)C(C#CCNC(=O)CCCCON)=CN1C1CC(O)C(OOP(=O)([O-])OP(=O)([O-])OP(=O)([O-])O)O1. The summed E-state index contributed by atoms with van der Waals surface area (Å²) in [5.41, 5.74) is 6.05. The van der Waals surface area contributed by atoms with Gasteiger partial charge in [0.2, 0.25) is 12.2 Å². The summed E-state index contributed by atoms with van der Waals surface area (Å²) in [5.74, 6) is 10.1. The fourth-order valence-electron chi connectivity index (χ4n) is 2.98. The quantitative estimate of drug-likeness (QED) is 0.0419. The van der Waals surface area contributed by atoms with Gasteiger partial charge in [-0.25, -0.2) is 19.5 Å². The van der Waals surface area contributed by atoms with E-state index in [1.807, 2.05) is 0 Å². The van der Waals surface area contributed by atoms with E-state index in [1.54, 1.807) is 0 Å². The first-order valence-electron chi connectivity index (χ1n) is 10.9. The molecular formula is C17H25N5O15P3-3. The molecule has 1 amide bonds. The second-order valence-corrected chi connectivity index (χ2v) is 11.9. The highest BCUT2D eigenvalue weighted by Crippen LogP contribution is 2.61. The number of aliphatic imine (C=N–C) groups is 1. The fourth-order valence-corrected chi connectivity index (χ4v) is 5.66. The summed E-state index contributed by atoms with van der Waals surface area (Å²) in [5, 5.41) is 12.8. The number of nitrogens with one attached hydrogen (secondary N) is 1. The second kappa shape index (κ2) is 14.8. The van der Waals surface area contributed by atoms with Crippen molar-refractivity contribution < 1.29 is 70.9 Å². The predicted octanol–water partition coefficient (Wildman–Crippen LogP) is -2.99. The van der Waals surface area contributed by atoms with Gasteiger partial charge in [-0.1, -0.05) is 18.4 Å². The minimum absolute atomic E-state index is 0.00693. The van der Waals surface area contributed by atoms with Crippen LogP contribution in [0, 0.1) is 11.8 Å². The molecule has 2 rings (SSSR count). The maximum Gasteiger partial charge on any atom is 0.304 e. The Kier molecular flexibility index (Phi) is 12.6. The van der Waals surface area contributed by atoms with Crippen molar-refractivity contribution in [2.45, 2.75) is 44.3 Å². The van der Waals surface area contributed by atoms with Crippen LogP contribution in [0.15, 0.2) is 29.2 Å². The molecule has 0 aromatic rings. The van der Waals surface area contributed by atoms with Gasteiger partial charge < -0.3 is 50.2 Å². The van der Waals surface area contributed by atoms with Crippen LogP contribution in [-0.4, -0.2) is 58.4 Å². The molecule has 23 heteroatoms. The van der Waals surface area contributed by atoms with Crippen LogP contribution < -0.4 is 31.6 Å². The lowest BCUT2D eigenvalue weighted by atomic mass is 10.2. The molecule has 0 spiro atoms. The Hall–Kier alpha value is -2.01. The number of hydrogen-bond donors (Lipinski definition) is 5. The Morgan fingerprint density at radius 2 is 1.98 bits per heavy atom. The zero-order valence-corrected chi connectivity index (χ0v) is 23.0. The number of unbranched alkanes of at least 4 members (excludes halogenated alkanes) is 1. The van der Waals surface area contributed by atoms with Crippen LogP contribution in [-0.2, 0) is 46.2 Å². The van der Waals surface area contributed by atoms with Gasteiger partial charge in [0.25, 0.3) is 15.6 Å². The van der Waals surface area contributed by atoms with Crippen molar-refractivity contribution >= 4 is 35.2 Å². The number of carbonyl (C=O) groups is 1. The Morgan fingerprint density at radius 1 is 1.27 bits per heavy atom. The molecule has 7 N–H and O–H groups in total. The Labute approximate surface area is 226 Å². The number of phosphoric acid groups is 3. The van der Waals surface area contributed by atoms with E-state index in [0.29, 0.717) is 19.4 Å². The monoisotopic (exact) mass is 632 g/mol. The maximum absolute atomic E-state index is 11.8. The normalized spacial score (nSPS) is 25.5. The number of hydrogen-bond acceptors (Lipinski definition) is 18. The van der Waals surface area contributed by atoms with E-state index in [2.05, 4.69) is 51.7 Å². The average molecular weight is 632 g/mol. The topological polar surface area (TPSA) is 313 Å². The van der Waals surface area contributed by atoms with Crippen LogP contribution in [0.5, 0.6) is 0 Å². The minimum Gasteiger partial charge on any atom is -0.756 e. The molecule has 20 nitrogen and oxygen atoms in total. The standard InChI is InChI=1S/C17H28N5O15P3/c1-11-21-16(18)12(5-4-7-20-14(24)6-2-3-8-32-19)10-22(11)15-9-13(23)17(33-15)34-35-39(28,29)37-40(30,31)36-38(25,26)27/h10,13,15,17,23H,1-3,6-9,19H2,(H2,18,21)(H,20,24)(H,28,29)(H,30,31)(H2,25,26,27)/p-3. The van der Waals surface area contributed by atoms with E-state index >= 15 is 0 Å². The molecule has 0 bridgehead atoms. The van der Waals surface area contributed by atoms with Gasteiger partial charge in [0.1, 0.15) is 24.0 Å². The number of ether oxygens (including phenoxy) is 1. The number of carbonyl (C=O) groups excluding carboxylic acids is 1. The third-order valence-electron chi connectivity index (χ3n) is 4.60. The highest BCUT2D eigenvalue weighted by molar-refractivity contribution is 7.65. The van der Waals surface area contributed by atoms with Crippen molar-refractivity contribution in [1.29, 1.82) is 0 Å². The largest absolute Gasteiger partial charge is 0.756 e. The molecule has 2 aliphatic rings. The van der Waals surface area contributed by atoms with Gasteiger partial charge >= 0.3 is 7.82 Å². The average Bonchev–Trinajstić information content (AvgIpc) is 3.17. The molecule has 0 aliphatic carbocycles. The highest BCUT2D eigenvalue weighted by atomic mass is 31.3. The van der Waals surface area contributed by atoms with Crippen LogP contribution in [0.3, 0.4) is 0 Å². The summed E-state index contributed by atoms with van der Waals surface area (Å²) in [7, 11) is -18.0. The van der Waals surface area contributed by atoms with E-state index in [-0.39, 0.29) is 42.5 Å². The van der Waals surface area contributed by atoms with Crippen LogP contribution in [0.2, 0.25) is 0 Å². The lowest BCUT2D eigenvalue weighted by Crippen LogP contribution is -2.35. The van der Waals surface area contributed by atoms with Crippen LogP contribution in [0.4, 0.5) is 0 Å². The first kappa shape index (κ1) is 34.2. The Balaban J connectivity index is 1.95. The number of amidine groups is 1. The van der Waals surface area contributed by atoms with E-state index in [1.165, 1.54) is 11.1 Å². The molecule has 2 aliphatic heterocycles. The van der Waals surface area contributed by atoms with Crippen molar-refractivity contribution in [3.05, 3.63) is 24.2 Å². The zero-order chi connectivity index (χ0) is 30.1. The van der Waals surface area contributed by atoms with E-state index in [4.69, 9.17) is 21.3 Å². The summed E-state index contributed by atoms with van der Waals surface area (Å²) in [6.07, 6.45) is -1.93. The number of nitrogens with zero attached hydrogens (tertiary/aromatic N) is 2. The highest BCUT2D eigenvalue weighted by Gasteiger charge is 2.41. The molecule has 6 atom stereocenters. The van der Waals surface area contributed by atoms with E-state index < -0.39 is 42.1 Å². The number of aliphatic hydroxyl groups excluding tert-OH is 1. The predicted molar refractivity (Wildman–Crippen MR) is 124 cm³/mol. The molecule has 1 fully saturated rings. The third-order valence-corrected chi connectivity index (χ3v) is 8.09. The van der Waals surface area contributed by atoms with Gasteiger partial charge in [-0.2, -0.15) is 9.56 Å². The van der Waals surface area contributed by atoms with Gasteiger partial charge in [0, 0.05) is 19.0 Å². The molecule has 6 unspecified atom stereocenters. The van der Waals surface area contributed by atoms with Gasteiger partial charge in [-0.05, 0) is 12.8 Å². The lowest BCUT2D eigenvalue weighted by Gasteiger charge is -2.32. The molecular weight excluding hydrogens is 607 g/mol. The van der Waals surface area contributed by atoms with Gasteiger partial charge in [-0.3, -0.25) is 18.5 Å². The zero-order valence-electron chi connectivity index (χ0n) is 20.4. The Bertz CT molecular complexity index is 1210. The van der Waals surface area contributed by atoms with Crippen LogP contribution >= 0.6 is 23.5 Å². The third kappa shape index (κ3) is 11.8. The lowest BCUT2D eigenvalue weighted by molar-refractivity contribution is -0.370. The van der Waals surface area contributed by atoms with Crippen molar-refractivity contribution in [3.8, 4) is 11.8 Å². The van der Waals surface area contributed by atoms with Crippen molar-refractivity contribution in [3.63, 3.8) is 0 Å².